The number of likely N-dealkylation sites (N-methyl/N-ethyl adjacent to an activating group) is 1. The van der Waals surface area contributed by atoms with Crippen LogP contribution in [0.4, 0.5) is 4.39 Å². The van der Waals surface area contributed by atoms with Crippen LogP contribution in [0.1, 0.15) is 11.1 Å². The fraction of sp³-hybridized carbons (Fsp3) is 0.167. The van der Waals surface area contributed by atoms with Gasteiger partial charge in [0.1, 0.15) is 5.82 Å². The van der Waals surface area contributed by atoms with Crippen molar-refractivity contribution in [3.63, 3.8) is 0 Å². The third-order valence-corrected chi connectivity index (χ3v) is 3.76. The van der Waals surface area contributed by atoms with Crippen molar-refractivity contribution in [2.24, 2.45) is 0 Å². The van der Waals surface area contributed by atoms with Crippen LogP contribution in [0, 0.1) is 5.82 Å². The molecule has 1 amide bonds. The molecule has 0 saturated carbocycles. The number of benzene rings is 2. The lowest BCUT2D eigenvalue weighted by atomic mass is 10.1. The van der Waals surface area contributed by atoms with Crippen LogP contribution in [-0.2, 0) is 17.8 Å². The maximum atomic E-state index is 13.2. The van der Waals surface area contributed by atoms with E-state index in [1.54, 1.807) is 24.2 Å². The van der Waals surface area contributed by atoms with Crippen molar-refractivity contribution in [3.8, 4) is 0 Å². The number of halogens is 1. The molecule has 3 aromatic rings. The molecular weight excluding hydrogens is 279 g/mol. The van der Waals surface area contributed by atoms with E-state index in [2.05, 4.69) is 4.98 Å². The van der Waals surface area contributed by atoms with Gasteiger partial charge >= 0.3 is 0 Å². The minimum absolute atomic E-state index is 0.0362. The van der Waals surface area contributed by atoms with Gasteiger partial charge in [-0.1, -0.05) is 30.3 Å². The lowest BCUT2D eigenvalue weighted by Crippen LogP contribution is -2.27. The van der Waals surface area contributed by atoms with E-state index in [0.717, 1.165) is 16.5 Å². The first-order valence-corrected chi connectivity index (χ1v) is 7.17. The number of rotatable bonds is 4. The number of H-pyrrole nitrogens is 1. The third-order valence-electron chi connectivity index (χ3n) is 3.76. The quantitative estimate of drug-likeness (QED) is 0.786. The van der Waals surface area contributed by atoms with Crippen LogP contribution in [-0.4, -0.2) is 22.8 Å². The molecule has 112 valence electrons. The SMILES string of the molecule is CN(Cc1ccccc1)C(=O)Cc1c[nH]c2cc(F)ccc12. The van der Waals surface area contributed by atoms with E-state index < -0.39 is 0 Å². The number of carbonyl (C=O) groups is 1. The van der Waals surface area contributed by atoms with Crippen LogP contribution in [0.25, 0.3) is 10.9 Å². The minimum atomic E-state index is -0.284. The van der Waals surface area contributed by atoms with Gasteiger partial charge < -0.3 is 9.88 Å². The molecule has 22 heavy (non-hydrogen) atoms. The van der Waals surface area contributed by atoms with Gasteiger partial charge in [-0.2, -0.15) is 0 Å². The second-order valence-corrected chi connectivity index (χ2v) is 5.42. The fourth-order valence-corrected chi connectivity index (χ4v) is 2.55. The highest BCUT2D eigenvalue weighted by atomic mass is 19.1. The Hall–Kier alpha value is -2.62. The summed E-state index contributed by atoms with van der Waals surface area (Å²) in [6.07, 6.45) is 2.08. The first-order valence-electron chi connectivity index (χ1n) is 7.17. The van der Waals surface area contributed by atoms with Crippen LogP contribution in [0.15, 0.2) is 54.7 Å². The number of aromatic nitrogens is 1. The van der Waals surface area contributed by atoms with Crippen molar-refractivity contribution >= 4 is 16.8 Å². The molecule has 0 fully saturated rings. The number of carbonyl (C=O) groups excluding carboxylic acids is 1. The molecule has 0 spiro atoms. The van der Waals surface area contributed by atoms with Crippen molar-refractivity contribution in [2.75, 3.05) is 7.05 Å². The van der Waals surface area contributed by atoms with Crippen LogP contribution in [0.2, 0.25) is 0 Å². The summed E-state index contributed by atoms with van der Waals surface area (Å²) in [5.74, 6) is -0.248. The molecule has 3 rings (SSSR count). The molecule has 0 unspecified atom stereocenters. The van der Waals surface area contributed by atoms with Gasteiger partial charge in [0.2, 0.25) is 5.91 Å². The lowest BCUT2D eigenvalue weighted by molar-refractivity contribution is -0.129. The van der Waals surface area contributed by atoms with Gasteiger partial charge in [0, 0.05) is 30.7 Å². The summed E-state index contributed by atoms with van der Waals surface area (Å²) in [6, 6.07) is 14.4. The largest absolute Gasteiger partial charge is 0.361 e. The fourth-order valence-electron chi connectivity index (χ4n) is 2.55. The Kier molecular flexibility index (Phi) is 3.92. The van der Waals surface area contributed by atoms with E-state index in [4.69, 9.17) is 0 Å². The Balaban J connectivity index is 1.72. The number of hydrogen-bond donors (Lipinski definition) is 1. The Bertz CT molecular complexity index is 795. The maximum Gasteiger partial charge on any atom is 0.227 e. The van der Waals surface area contributed by atoms with Crippen LogP contribution in [0.3, 0.4) is 0 Å². The minimum Gasteiger partial charge on any atom is -0.361 e. The molecular formula is C18H17FN2O. The predicted octanol–water partition coefficient (Wildman–Crippen LogP) is 3.51. The van der Waals surface area contributed by atoms with Crippen molar-refractivity contribution < 1.29 is 9.18 Å². The standard InChI is InChI=1S/C18H17FN2O/c1-21(12-13-5-3-2-4-6-13)18(22)9-14-11-20-17-10-15(19)7-8-16(14)17/h2-8,10-11,20H,9,12H2,1H3. The summed E-state index contributed by atoms with van der Waals surface area (Å²) in [6.45, 7) is 0.580. The van der Waals surface area contributed by atoms with Crippen molar-refractivity contribution in [3.05, 3.63) is 71.7 Å². The molecule has 2 aromatic carbocycles. The number of hydrogen-bond acceptors (Lipinski definition) is 1. The zero-order valence-electron chi connectivity index (χ0n) is 12.3. The third kappa shape index (κ3) is 3.01. The molecule has 4 heteroatoms. The molecule has 0 atom stereocenters. The summed E-state index contributed by atoms with van der Waals surface area (Å²) in [4.78, 5) is 17.1. The monoisotopic (exact) mass is 296 g/mol. The molecule has 0 aliphatic heterocycles. The molecule has 0 aliphatic carbocycles. The van der Waals surface area contributed by atoms with E-state index >= 15 is 0 Å². The maximum absolute atomic E-state index is 13.2. The molecule has 0 saturated heterocycles. The van der Waals surface area contributed by atoms with Crippen LogP contribution >= 0.6 is 0 Å². The smallest absolute Gasteiger partial charge is 0.227 e. The van der Waals surface area contributed by atoms with E-state index in [-0.39, 0.29) is 11.7 Å². The van der Waals surface area contributed by atoms with Gasteiger partial charge in [0.05, 0.1) is 6.42 Å². The van der Waals surface area contributed by atoms with Gasteiger partial charge in [-0.25, -0.2) is 4.39 Å². The van der Waals surface area contributed by atoms with Gasteiger partial charge in [-0.15, -0.1) is 0 Å². The van der Waals surface area contributed by atoms with E-state index in [1.807, 2.05) is 30.3 Å². The van der Waals surface area contributed by atoms with Gasteiger partial charge in [0.25, 0.3) is 0 Å². The number of aromatic amines is 1. The highest BCUT2D eigenvalue weighted by Crippen LogP contribution is 2.20. The van der Waals surface area contributed by atoms with E-state index in [0.29, 0.717) is 18.5 Å². The second-order valence-electron chi connectivity index (χ2n) is 5.42. The molecule has 3 nitrogen and oxygen atoms in total. The Morgan fingerprint density at radius 3 is 2.73 bits per heavy atom. The highest BCUT2D eigenvalue weighted by Gasteiger charge is 2.13. The number of nitrogens with zero attached hydrogens (tertiary/aromatic N) is 1. The second kappa shape index (κ2) is 6.02. The van der Waals surface area contributed by atoms with Crippen LogP contribution < -0.4 is 0 Å². The average molecular weight is 296 g/mol. The molecule has 1 N–H and O–H groups in total. The number of fused-ring (bicyclic) bond motifs is 1. The zero-order chi connectivity index (χ0) is 15.5. The van der Waals surface area contributed by atoms with Gasteiger partial charge in [-0.3, -0.25) is 4.79 Å². The number of amides is 1. The Morgan fingerprint density at radius 1 is 1.18 bits per heavy atom. The Morgan fingerprint density at radius 2 is 1.95 bits per heavy atom. The summed E-state index contributed by atoms with van der Waals surface area (Å²) in [7, 11) is 1.80. The van der Waals surface area contributed by atoms with Crippen molar-refractivity contribution in [1.82, 2.24) is 9.88 Å². The predicted molar refractivity (Wildman–Crippen MR) is 84.9 cm³/mol. The topological polar surface area (TPSA) is 36.1 Å². The molecule has 0 radical (unpaired) electrons. The summed E-state index contributed by atoms with van der Waals surface area (Å²) in [5.41, 5.74) is 2.70. The Labute approximate surface area is 128 Å². The average Bonchev–Trinajstić information content (AvgIpc) is 2.90. The van der Waals surface area contributed by atoms with E-state index in [1.165, 1.54) is 12.1 Å². The first-order chi connectivity index (χ1) is 10.6. The zero-order valence-corrected chi connectivity index (χ0v) is 12.3. The summed E-state index contributed by atoms with van der Waals surface area (Å²) in [5, 5.41) is 0.892. The first kappa shape index (κ1) is 14.3. The lowest BCUT2D eigenvalue weighted by Gasteiger charge is -2.17. The van der Waals surface area contributed by atoms with Gasteiger partial charge in [0.15, 0.2) is 0 Å². The highest BCUT2D eigenvalue weighted by molar-refractivity contribution is 5.88. The normalized spacial score (nSPS) is 10.8. The van der Waals surface area contributed by atoms with Crippen LogP contribution in [0.5, 0.6) is 0 Å². The number of nitrogens with one attached hydrogen (secondary N) is 1. The van der Waals surface area contributed by atoms with E-state index in [9.17, 15) is 9.18 Å². The molecule has 0 aliphatic rings. The summed E-state index contributed by atoms with van der Waals surface area (Å²) < 4.78 is 13.2. The van der Waals surface area contributed by atoms with Crippen molar-refractivity contribution in [2.45, 2.75) is 13.0 Å². The molecule has 0 bridgehead atoms. The summed E-state index contributed by atoms with van der Waals surface area (Å²) >= 11 is 0. The molecule has 1 aromatic heterocycles. The molecule has 1 heterocycles. The van der Waals surface area contributed by atoms with Gasteiger partial charge in [-0.05, 0) is 29.3 Å². The van der Waals surface area contributed by atoms with Crippen molar-refractivity contribution in [1.29, 1.82) is 0 Å².